The normalized spacial score (nSPS) is 12.9. The van der Waals surface area contributed by atoms with Crippen molar-refractivity contribution in [2.24, 2.45) is 15.7 Å². The zero-order valence-electron chi connectivity index (χ0n) is 50.4. The maximum absolute atomic E-state index is 13.7. The van der Waals surface area contributed by atoms with E-state index < -0.39 is 65.3 Å². The molecule has 0 unspecified atom stereocenters. The summed E-state index contributed by atoms with van der Waals surface area (Å²) < 4.78 is 95.7. The lowest BCUT2D eigenvalue weighted by atomic mass is 9.93. The number of allylic oxidation sites excluding steroid dienone is 1. The second-order valence-electron chi connectivity index (χ2n) is 19.8. The molecule has 492 valence electrons. The summed E-state index contributed by atoms with van der Waals surface area (Å²) in [5.74, 6) is -8.33. The van der Waals surface area contributed by atoms with Crippen LogP contribution >= 0.6 is 0 Å². The molecule has 3 amide bonds. The average molecular weight is 1280 g/mol. The number of likely N-dealkylation sites (tertiary alicyclic amines) is 1. The molecule has 1 saturated heterocycles. The van der Waals surface area contributed by atoms with E-state index in [1.807, 2.05) is 30.3 Å². The Morgan fingerprint density at radius 3 is 2.05 bits per heavy atom. The van der Waals surface area contributed by atoms with Crippen molar-refractivity contribution in [3.05, 3.63) is 101 Å². The zero-order chi connectivity index (χ0) is 65.0. The van der Waals surface area contributed by atoms with E-state index in [0.717, 1.165) is 17.5 Å². The van der Waals surface area contributed by atoms with E-state index in [1.54, 1.807) is 10.9 Å². The van der Waals surface area contributed by atoms with Crippen molar-refractivity contribution in [2.45, 2.75) is 57.7 Å². The number of pyridine rings is 1. The molecule has 5 aromatic rings. The van der Waals surface area contributed by atoms with E-state index in [4.69, 9.17) is 48.4 Å². The number of hydrogen-bond donors (Lipinski definition) is 5. The van der Waals surface area contributed by atoms with E-state index in [0.29, 0.717) is 122 Å². The van der Waals surface area contributed by atoms with Crippen molar-refractivity contribution in [1.82, 2.24) is 40.5 Å². The number of fused-ring (bicyclic) bond motifs is 1. The zero-order valence-corrected chi connectivity index (χ0v) is 50.4. The fraction of sp³-hybridized carbons (Fsp3) is 0.483. The van der Waals surface area contributed by atoms with Crippen LogP contribution in [0, 0.1) is 28.8 Å². The van der Waals surface area contributed by atoms with Crippen molar-refractivity contribution in [2.75, 3.05) is 132 Å². The molecule has 3 aromatic heterocycles. The largest absolute Gasteiger partial charge is 0.494 e. The number of piperidine rings is 1. The number of nitriles is 1. The van der Waals surface area contributed by atoms with Gasteiger partial charge in [0.2, 0.25) is 11.7 Å². The molecule has 0 radical (unpaired) electrons. The number of carbonyl (C=O) groups excluding carboxylic acids is 5. The first-order valence-corrected chi connectivity index (χ1v) is 29.3. The van der Waals surface area contributed by atoms with E-state index in [1.165, 1.54) is 24.4 Å². The number of nitrogens with zero attached hydrogens (tertiary/aromatic N) is 8. The highest BCUT2D eigenvalue weighted by molar-refractivity contribution is 6.45. The molecule has 1 aliphatic heterocycles. The number of aromatic nitrogens is 5. The first-order valence-electron chi connectivity index (χ1n) is 29.3. The first-order chi connectivity index (χ1) is 44.3. The van der Waals surface area contributed by atoms with E-state index >= 15 is 0 Å². The number of hydrogen-bond acceptors (Lipinski definition) is 21. The van der Waals surface area contributed by atoms with Gasteiger partial charge in [-0.3, -0.25) is 24.0 Å². The minimum absolute atomic E-state index is 0.0467. The van der Waals surface area contributed by atoms with Gasteiger partial charge in [-0.1, -0.05) is 35.5 Å². The molecule has 4 heterocycles. The third-order valence-electron chi connectivity index (χ3n) is 13.3. The van der Waals surface area contributed by atoms with Crippen molar-refractivity contribution in [1.29, 1.82) is 5.26 Å². The Morgan fingerprint density at radius 2 is 1.44 bits per heavy atom. The Labute approximate surface area is 522 Å². The van der Waals surface area contributed by atoms with Crippen LogP contribution in [0.25, 0.3) is 16.5 Å². The van der Waals surface area contributed by atoms with Crippen LogP contribution in [0.15, 0.2) is 76.6 Å². The van der Waals surface area contributed by atoms with Crippen LogP contribution in [0.3, 0.4) is 0 Å². The number of carbonyl (C=O) groups is 5. The van der Waals surface area contributed by atoms with Crippen LogP contribution in [0.4, 0.5) is 19.0 Å². The van der Waals surface area contributed by atoms with Gasteiger partial charge < -0.3 is 78.7 Å². The number of aliphatic hydroxyl groups excluding tert-OH is 1. The molecule has 0 spiro atoms. The van der Waals surface area contributed by atoms with Gasteiger partial charge in [0.15, 0.2) is 23.3 Å². The van der Waals surface area contributed by atoms with Crippen molar-refractivity contribution in [3.8, 4) is 17.6 Å². The number of halogens is 3. The standard InChI is InChI=1S/C60H75F3N12O16/c1-82-50-36-68-58(54-53(50)47(35-67-54)55(79)60(81)74-14-9-42(10-15-74)46(34-64)41-6-3-2-4-7-41)70-40-69-57(65)59(80)71-44(38-76)8-5-13-66-51(77)11-17-83-20-23-86-28-29-89-30-31-90-39-45-37-75(73-72-45)16-19-85-22-25-88-27-26-87-24-21-84-18-12-52(78)91-56-48(62)32-43(61)33-49(56)63/h2-4,6-7,32-33,35-37,40,44,67,76H,5,8-31,38-39H2,1H3,(H,66,77)(H,71,80)(H2,65,68,69,70)/t44-/m0/s1. The van der Waals surface area contributed by atoms with Gasteiger partial charge in [0, 0.05) is 44.4 Å². The minimum Gasteiger partial charge on any atom is -0.494 e. The Morgan fingerprint density at radius 1 is 0.835 bits per heavy atom. The SMILES string of the molecule is COc1cnc(N=CN=C(N)C(=O)N[C@H](CO)CCCNC(=O)CCOCCOCCOCCOCc2cn(CCOCCOCCOCCOCCC(=O)Oc3c(F)cc(F)cc3F)nn2)c2[nH]cc(C(=O)C(=O)N3CCC(=C(C#N)c4ccccc4)CC3)c12. The van der Waals surface area contributed by atoms with Crippen LogP contribution in [0.5, 0.6) is 11.5 Å². The summed E-state index contributed by atoms with van der Waals surface area (Å²) in [7, 11) is 1.39. The van der Waals surface area contributed by atoms with Crippen LogP contribution in [0.2, 0.25) is 0 Å². The van der Waals surface area contributed by atoms with E-state index in [-0.39, 0.29) is 106 Å². The summed E-state index contributed by atoms with van der Waals surface area (Å²) in [5, 5.41) is 33.6. The molecule has 0 aliphatic carbocycles. The highest BCUT2D eigenvalue weighted by Gasteiger charge is 2.30. The van der Waals surface area contributed by atoms with Crippen LogP contribution in [-0.2, 0) is 70.2 Å². The maximum Gasteiger partial charge on any atom is 0.313 e. The molecule has 6 N–H and O–H groups in total. The molecule has 1 aliphatic rings. The number of H-pyrrole nitrogens is 1. The van der Waals surface area contributed by atoms with Crippen LogP contribution in [-0.4, -0.2) is 215 Å². The number of esters is 1. The summed E-state index contributed by atoms with van der Waals surface area (Å²) >= 11 is 0. The lowest BCUT2D eigenvalue weighted by molar-refractivity contribution is -0.136. The number of amidine groups is 1. The lowest BCUT2D eigenvalue weighted by Crippen LogP contribution is -2.44. The molecule has 6 rings (SSSR count). The molecular weight excluding hydrogens is 1200 g/mol. The van der Waals surface area contributed by atoms with Gasteiger partial charge in [-0.15, -0.1) is 5.10 Å². The minimum atomic E-state index is -1.32. The predicted molar refractivity (Wildman–Crippen MR) is 319 cm³/mol. The fourth-order valence-electron chi connectivity index (χ4n) is 8.70. The first kappa shape index (κ1) is 71.5. The number of rotatable bonds is 42. The number of aromatic amines is 1. The van der Waals surface area contributed by atoms with Crippen LogP contribution < -0.4 is 25.8 Å². The summed E-state index contributed by atoms with van der Waals surface area (Å²) in [5.41, 5.74) is 9.18. The highest BCUT2D eigenvalue weighted by atomic mass is 19.1. The van der Waals surface area contributed by atoms with Crippen molar-refractivity contribution < 1.29 is 89.6 Å². The van der Waals surface area contributed by atoms with E-state index in [9.17, 15) is 47.5 Å². The smallest absolute Gasteiger partial charge is 0.313 e. The lowest BCUT2D eigenvalue weighted by Gasteiger charge is -2.28. The number of ether oxygens (including phenoxy) is 10. The van der Waals surface area contributed by atoms with Gasteiger partial charge in [-0.2, -0.15) is 5.26 Å². The number of methoxy groups -OCH3 is 1. The molecule has 28 nitrogen and oxygen atoms in total. The second kappa shape index (κ2) is 40.2. The third-order valence-corrected chi connectivity index (χ3v) is 13.3. The number of amides is 3. The number of aliphatic imine (C=N–C) groups is 2. The van der Waals surface area contributed by atoms with Crippen molar-refractivity contribution >= 4 is 63.9 Å². The summed E-state index contributed by atoms with van der Waals surface area (Å²) in [6.07, 6.45) is 6.95. The Balaban J connectivity index is 0.713. The molecule has 91 heavy (non-hydrogen) atoms. The molecule has 1 fully saturated rings. The quantitative estimate of drug-likeness (QED) is 0.00546. The number of ketones is 1. The van der Waals surface area contributed by atoms with Gasteiger partial charge in [0.25, 0.3) is 17.6 Å². The number of benzene rings is 2. The molecule has 1 atom stereocenters. The third kappa shape index (κ3) is 24.6. The summed E-state index contributed by atoms with van der Waals surface area (Å²) in [6, 6.07) is 11.7. The molecule has 0 saturated carbocycles. The second-order valence-corrected chi connectivity index (χ2v) is 19.8. The average Bonchev–Trinajstić information content (AvgIpc) is 1.81. The fourth-order valence-corrected chi connectivity index (χ4v) is 8.70. The van der Waals surface area contributed by atoms with Gasteiger partial charge in [0.1, 0.15) is 23.6 Å². The van der Waals surface area contributed by atoms with Gasteiger partial charge >= 0.3 is 5.97 Å². The van der Waals surface area contributed by atoms with Crippen molar-refractivity contribution in [3.63, 3.8) is 0 Å². The predicted octanol–water partition coefficient (Wildman–Crippen LogP) is 3.47. The van der Waals surface area contributed by atoms with Gasteiger partial charge in [0.05, 0.1) is 179 Å². The van der Waals surface area contributed by atoms with Crippen LogP contribution in [0.1, 0.15) is 60.1 Å². The summed E-state index contributed by atoms with van der Waals surface area (Å²) in [6.45, 7) is 5.34. The summed E-state index contributed by atoms with van der Waals surface area (Å²) in [4.78, 5) is 80.9. The Kier molecular flexibility index (Phi) is 31.6. The number of nitrogens with two attached hydrogens (primary N) is 1. The monoisotopic (exact) mass is 1280 g/mol. The molecular formula is C60H75F3N12O16. The number of Topliss-reactive ketones (excluding diaryl/α,β-unsaturated/α-hetero) is 1. The maximum atomic E-state index is 13.7. The highest BCUT2D eigenvalue weighted by Crippen LogP contribution is 2.34. The molecule has 2 aromatic carbocycles. The number of nitrogens with one attached hydrogen (secondary N) is 3. The Hall–Kier alpha value is -8.58. The topological polar surface area (TPSA) is 359 Å². The van der Waals surface area contributed by atoms with Gasteiger partial charge in [-0.05, 0) is 36.8 Å². The Bertz CT molecular complexity index is 3240. The molecule has 0 bridgehead atoms. The molecule has 31 heteroatoms. The number of aliphatic hydroxyl groups is 1. The van der Waals surface area contributed by atoms with E-state index in [2.05, 4.69) is 51.7 Å². The van der Waals surface area contributed by atoms with Gasteiger partial charge in [-0.25, -0.2) is 32.8 Å².